The first kappa shape index (κ1) is 12.8. The smallest absolute Gasteiger partial charge is 0.308 e. The SMILES string of the molecule is O=C(O)C1CCCCC1Nc1cnc2ccccc2n1. The number of benzene rings is 1. The molecule has 1 aromatic carbocycles. The number of hydrogen-bond acceptors (Lipinski definition) is 4. The number of hydrogen-bond donors (Lipinski definition) is 2. The maximum Gasteiger partial charge on any atom is 0.308 e. The molecular formula is C15H17N3O2. The third kappa shape index (κ3) is 2.57. The molecule has 1 heterocycles. The van der Waals surface area contributed by atoms with Crippen LogP contribution in [0.1, 0.15) is 25.7 Å². The first-order valence-corrected chi connectivity index (χ1v) is 6.95. The fourth-order valence-corrected chi connectivity index (χ4v) is 2.82. The van der Waals surface area contributed by atoms with E-state index in [0.717, 1.165) is 36.7 Å². The minimum absolute atomic E-state index is 0.0586. The molecule has 1 aliphatic rings. The number of anilines is 1. The van der Waals surface area contributed by atoms with Crippen LogP contribution in [0.4, 0.5) is 5.82 Å². The Morgan fingerprint density at radius 2 is 1.95 bits per heavy atom. The first-order valence-electron chi connectivity index (χ1n) is 6.95. The van der Waals surface area contributed by atoms with Gasteiger partial charge in [-0.3, -0.25) is 9.78 Å². The van der Waals surface area contributed by atoms with Gasteiger partial charge in [0.15, 0.2) is 0 Å². The number of rotatable bonds is 3. The number of fused-ring (bicyclic) bond motifs is 1. The molecule has 3 rings (SSSR count). The van der Waals surface area contributed by atoms with Gasteiger partial charge in [0.25, 0.3) is 0 Å². The van der Waals surface area contributed by atoms with Crippen molar-refractivity contribution < 1.29 is 9.90 Å². The van der Waals surface area contributed by atoms with Crippen molar-refractivity contribution in [2.75, 3.05) is 5.32 Å². The molecule has 1 aliphatic carbocycles. The zero-order valence-electron chi connectivity index (χ0n) is 11.1. The van der Waals surface area contributed by atoms with E-state index in [2.05, 4.69) is 15.3 Å². The summed E-state index contributed by atoms with van der Waals surface area (Å²) in [6, 6.07) is 7.60. The Balaban J connectivity index is 1.82. The number of carboxylic acids is 1. The quantitative estimate of drug-likeness (QED) is 0.897. The highest BCUT2D eigenvalue weighted by Gasteiger charge is 2.30. The molecule has 0 amide bonds. The van der Waals surface area contributed by atoms with E-state index in [1.807, 2.05) is 24.3 Å². The van der Waals surface area contributed by atoms with E-state index in [0.29, 0.717) is 5.82 Å². The molecule has 1 saturated carbocycles. The molecule has 0 bridgehead atoms. The average Bonchev–Trinajstić information content (AvgIpc) is 2.47. The predicted octanol–water partition coefficient (Wildman–Crippen LogP) is 2.69. The van der Waals surface area contributed by atoms with Gasteiger partial charge >= 0.3 is 5.97 Å². The molecule has 2 N–H and O–H groups in total. The van der Waals surface area contributed by atoms with Crippen LogP contribution in [0.2, 0.25) is 0 Å². The fraction of sp³-hybridized carbons (Fsp3) is 0.400. The van der Waals surface area contributed by atoms with Gasteiger partial charge in [0, 0.05) is 6.04 Å². The molecule has 5 heteroatoms. The normalized spacial score (nSPS) is 22.6. The minimum Gasteiger partial charge on any atom is -0.481 e. The highest BCUT2D eigenvalue weighted by atomic mass is 16.4. The van der Waals surface area contributed by atoms with Gasteiger partial charge in [0.05, 0.1) is 23.1 Å². The molecule has 1 fully saturated rings. The lowest BCUT2D eigenvalue weighted by atomic mass is 9.84. The summed E-state index contributed by atoms with van der Waals surface area (Å²) in [5.41, 5.74) is 1.66. The number of aromatic nitrogens is 2. The minimum atomic E-state index is -0.726. The first-order chi connectivity index (χ1) is 9.74. The van der Waals surface area contributed by atoms with Crippen LogP contribution in [-0.2, 0) is 4.79 Å². The maximum atomic E-state index is 11.3. The second kappa shape index (κ2) is 5.45. The molecule has 2 aromatic rings. The average molecular weight is 271 g/mol. The summed E-state index contributed by atoms with van der Waals surface area (Å²) < 4.78 is 0. The third-order valence-electron chi connectivity index (χ3n) is 3.86. The zero-order valence-corrected chi connectivity index (χ0v) is 11.1. The van der Waals surface area contributed by atoms with Gasteiger partial charge in [0.1, 0.15) is 5.82 Å². The number of nitrogens with one attached hydrogen (secondary N) is 1. The Morgan fingerprint density at radius 3 is 2.75 bits per heavy atom. The van der Waals surface area contributed by atoms with Crippen LogP contribution >= 0.6 is 0 Å². The lowest BCUT2D eigenvalue weighted by Crippen LogP contribution is -2.37. The summed E-state index contributed by atoms with van der Waals surface area (Å²) >= 11 is 0. The molecule has 20 heavy (non-hydrogen) atoms. The number of aliphatic carboxylic acids is 1. The van der Waals surface area contributed by atoms with E-state index in [1.165, 1.54) is 0 Å². The topological polar surface area (TPSA) is 75.1 Å². The van der Waals surface area contributed by atoms with Crippen LogP contribution in [0.3, 0.4) is 0 Å². The summed E-state index contributed by atoms with van der Waals surface area (Å²) in [4.78, 5) is 20.1. The Labute approximate surface area is 117 Å². The fourth-order valence-electron chi connectivity index (χ4n) is 2.82. The van der Waals surface area contributed by atoms with E-state index in [4.69, 9.17) is 0 Å². The van der Waals surface area contributed by atoms with Crippen molar-refractivity contribution >= 4 is 22.8 Å². The molecular weight excluding hydrogens is 254 g/mol. The standard InChI is InChI=1S/C15H17N3O2/c19-15(20)10-5-1-2-6-11(10)17-14-9-16-12-7-3-4-8-13(12)18-14/h3-4,7-11H,1-2,5-6H2,(H,17,18)(H,19,20). The summed E-state index contributed by atoms with van der Waals surface area (Å²) in [6.45, 7) is 0. The van der Waals surface area contributed by atoms with Crippen molar-refractivity contribution in [3.63, 3.8) is 0 Å². The Morgan fingerprint density at radius 1 is 1.20 bits per heavy atom. The van der Waals surface area contributed by atoms with Crippen LogP contribution < -0.4 is 5.32 Å². The molecule has 1 aromatic heterocycles. The monoisotopic (exact) mass is 271 g/mol. The molecule has 104 valence electrons. The summed E-state index contributed by atoms with van der Waals surface area (Å²) in [6.07, 6.45) is 5.32. The lowest BCUT2D eigenvalue weighted by molar-refractivity contribution is -0.143. The van der Waals surface area contributed by atoms with E-state index in [1.54, 1.807) is 6.20 Å². The van der Waals surface area contributed by atoms with Gasteiger partial charge in [-0.05, 0) is 25.0 Å². The van der Waals surface area contributed by atoms with Gasteiger partial charge in [0.2, 0.25) is 0 Å². The van der Waals surface area contributed by atoms with E-state index in [9.17, 15) is 9.90 Å². The van der Waals surface area contributed by atoms with Gasteiger partial charge < -0.3 is 10.4 Å². The second-order valence-corrected chi connectivity index (χ2v) is 5.22. The highest BCUT2D eigenvalue weighted by Crippen LogP contribution is 2.27. The molecule has 0 spiro atoms. The van der Waals surface area contributed by atoms with Crippen molar-refractivity contribution in [1.82, 2.24) is 9.97 Å². The molecule has 0 aliphatic heterocycles. The second-order valence-electron chi connectivity index (χ2n) is 5.22. The molecule has 2 unspecified atom stereocenters. The number of carbonyl (C=O) groups is 1. The van der Waals surface area contributed by atoms with Crippen LogP contribution in [0.25, 0.3) is 11.0 Å². The predicted molar refractivity (Wildman–Crippen MR) is 76.5 cm³/mol. The van der Waals surface area contributed by atoms with Crippen molar-refractivity contribution in [3.05, 3.63) is 30.5 Å². The van der Waals surface area contributed by atoms with Crippen molar-refractivity contribution in [2.24, 2.45) is 5.92 Å². The van der Waals surface area contributed by atoms with Crippen LogP contribution in [0, 0.1) is 5.92 Å². The molecule has 0 radical (unpaired) electrons. The number of carboxylic acid groups (broad SMARTS) is 1. The molecule has 5 nitrogen and oxygen atoms in total. The molecule has 2 atom stereocenters. The number of nitrogens with zero attached hydrogens (tertiary/aromatic N) is 2. The van der Waals surface area contributed by atoms with E-state index >= 15 is 0 Å². The van der Waals surface area contributed by atoms with Gasteiger partial charge in [-0.25, -0.2) is 4.98 Å². The molecule has 0 saturated heterocycles. The largest absolute Gasteiger partial charge is 0.481 e. The third-order valence-corrected chi connectivity index (χ3v) is 3.86. The zero-order chi connectivity index (χ0) is 13.9. The lowest BCUT2D eigenvalue weighted by Gasteiger charge is -2.29. The summed E-state index contributed by atoms with van der Waals surface area (Å²) in [7, 11) is 0. The highest BCUT2D eigenvalue weighted by molar-refractivity contribution is 5.75. The Hall–Kier alpha value is -2.17. The summed E-state index contributed by atoms with van der Waals surface area (Å²) in [5, 5.41) is 12.5. The van der Waals surface area contributed by atoms with Crippen LogP contribution in [-0.4, -0.2) is 27.1 Å². The summed E-state index contributed by atoms with van der Waals surface area (Å²) in [5.74, 6) is -0.408. The van der Waals surface area contributed by atoms with E-state index in [-0.39, 0.29) is 12.0 Å². The van der Waals surface area contributed by atoms with Gasteiger partial charge in [-0.15, -0.1) is 0 Å². The van der Waals surface area contributed by atoms with Crippen LogP contribution in [0.15, 0.2) is 30.5 Å². The van der Waals surface area contributed by atoms with Gasteiger partial charge in [-0.1, -0.05) is 25.0 Å². The van der Waals surface area contributed by atoms with E-state index < -0.39 is 5.97 Å². The maximum absolute atomic E-state index is 11.3. The van der Waals surface area contributed by atoms with Crippen molar-refractivity contribution in [2.45, 2.75) is 31.7 Å². The van der Waals surface area contributed by atoms with Crippen molar-refractivity contribution in [3.8, 4) is 0 Å². The van der Waals surface area contributed by atoms with Crippen LogP contribution in [0.5, 0.6) is 0 Å². The van der Waals surface area contributed by atoms with Crippen molar-refractivity contribution in [1.29, 1.82) is 0 Å². The van der Waals surface area contributed by atoms with Gasteiger partial charge in [-0.2, -0.15) is 0 Å². The Bertz CT molecular complexity index is 629. The Kier molecular flexibility index (Phi) is 3.50. The number of para-hydroxylation sites is 2.